The molecule has 1 aromatic heterocycles. The molecule has 5 nitrogen and oxygen atoms in total. The van der Waals surface area contributed by atoms with E-state index in [1.54, 1.807) is 4.68 Å². The Bertz CT molecular complexity index is 394. The molecule has 5 heteroatoms. The normalized spacial score (nSPS) is 20.5. The molecule has 0 bridgehead atoms. The minimum absolute atomic E-state index is 0.0329. The highest BCUT2D eigenvalue weighted by Gasteiger charge is 2.18. The molecule has 2 heterocycles. The lowest BCUT2D eigenvalue weighted by Gasteiger charge is -2.22. The fourth-order valence-electron chi connectivity index (χ4n) is 2.11. The number of carbonyl (C=O) groups is 1. The molecular weight excluding hydrogens is 218 g/mol. The molecule has 1 atom stereocenters. The number of morpholine rings is 1. The largest absolute Gasteiger partial charge is 0.375 e. The molecule has 1 saturated heterocycles. The first-order valence-electron chi connectivity index (χ1n) is 5.98. The fraction of sp³-hybridized carbons (Fsp3) is 0.667. The Morgan fingerprint density at radius 1 is 1.71 bits per heavy atom. The highest BCUT2D eigenvalue weighted by molar-refractivity contribution is 5.81. The smallest absolute Gasteiger partial charge is 0.141 e. The third-order valence-electron chi connectivity index (χ3n) is 2.94. The predicted molar refractivity (Wildman–Crippen MR) is 63.9 cm³/mol. The molecule has 1 N–H and O–H groups in total. The van der Waals surface area contributed by atoms with Crippen LogP contribution in [0.5, 0.6) is 0 Å². The maximum atomic E-state index is 11.9. The number of Topliss-reactive ketones (excluding diaryl/α,β-unsaturated/α-hetero) is 1. The summed E-state index contributed by atoms with van der Waals surface area (Å²) in [4.78, 5) is 11.9. The lowest BCUT2D eigenvalue weighted by atomic mass is 10.1. The van der Waals surface area contributed by atoms with Crippen molar-refractivity contribution in [1.82, 2.24) is 15.1 Å². The zero-order valence-corrected chi connectivity index (χ0v) is 10.4. The number of aromatic nitrogens is 2. The highest BCUT2D eigenvalue weighted by Crippen LogP contribution is 2.08. The van der Waals surface area contributed by atoms with E-state index in [0.717, 1.165) is 24.5 Å². The van der Waals surface area contributed by atoms with Crippen molar-refractivity contribution in [3.63, 3.8) is 0 Å². The van der Waals surface area contributed by atoms with Gasteiger partial charge in [-0.3, -0.25) is 9.48 Å². The number of aryl methyl sites for hydroxylation is 2. The summed E-state index contributed by atoms with van der Waals surface area (Å²) >= 11 is 0. The summed E-state index contributed by atoms with van der Waals surface area (Å²) in [5.41, 5.74) is 1.92. The number of hydrogen-bond acceptors (Lipinski definition) is 4. The second-order valence-electron chi connectivity index (χ2n) is 4.52. The van der Waals surface area contributed by atoms with Crippen LogP contribution in [-0.4, -0.2) is 41.4 Å². The second-order valence-corrected chi connectivity index (χ2v) is 4.52. The molecule has 0 spiro atoms. The predicted octanol–water partition coefficient (Wildman–Crippen LogP) is 0.219. The Kier molecular flexibility index (Phi) is 3.91. The number of hydrogen-bond donors (Lipinski definition) is 1. The van der Waals surface area contributed by atoms with Crippen LogP contribution >= 0.6 is 0 Å². The van der Waals surface area contributed by atoms with E-state index >= 15 is 0 Å². The van der Waals surface area contributed by atoms with Gasteiger partial charge >= 0.3 is 0 Å². The van der Waals surface area contributed by atoms with Crippen LogP contribution in [0.4, 0.5) is 0 Å². The number of nitrogens with zero attached hydrogens (tertiary/aromatic N) is 2. The van der Waals surface area contributed by atoms with Crippen molar-refractivity contribution >= 4 is 5.78 Å². The quantitative estimate of drug-likeness (QED) is 0.814. The lowest BCUT2D eigenvalue weighted by molar-refractivity contribution is -0.121. The van der Waals surface area contributed by atoms with E-state index in [0.29, 0.717) is 19.4 Å². The van der Waals surface area contributed by atoms with Crippen molar-refractivity contribution < 1.29 is 9.53 Å². The number of ether oxygens (including phenoxy) is 1. The summed E-state index contributed by atoms with van der Waals surface area (Å²) in [5, 5.41) is 7.46. The zero-order chi connectivity index (χ0) is 12.3. The Labute approximate surface area is 101 Å². The summed E-state index contributed by atoms with van der Waals surface area (Å²) in [5.74, 6) is 0.210. The summed E-state index contributed by atoms with van der Waals surface area (Å²) < 4.78 is 7.29. The third kappa shape index (κ3) is 3.38. The van der Waals surface area contributed by atoms with Gasteiger partial charge < -0.3 is 10.1 Å². The van der Waals surface area contributed by atoms with Gasteiger partial charge in [-0.1, -0.05) is 0 Å². The van der Waals surface area contributed by atoms with Crippen molar-refractivity contribution in [2.75, 3.05) is 19.7 Å². The number of rotatable bonds is 4. The Morgan fingerprint density at radius 2 is 2.53 bits per heavy atom. The first-order chi connectivity index (χ1) is 8.15. The number of nitrogens with one attached hydrogen (secondary N) is 1. The first-order valence-corrected chi connectivity index (χ1v) is 5.98. The molecular formula is C12H19N3O2. The average Bonchev–Trinajstić information content (AvgIpc) is 2.58. The molecule has 17 heavy (non-hydrogen) atoms. The van der Waals surface area contributed by atoms with Crippen molar-refractivity contribution in [3.05, 3.63) is 17.5 Å². The molecule has 94 valence electrons. The highest BCUT2D eigenvalue weighted by atomic mass is 16.5. The Balaban J connectivity index is 1.86. The van der Waals surface area contributed by atoms with Crippen LogP contribution in [0.3, 0.4) is 0 Å². The van der Waals surface area contributed by atoms with E-state index in [2.05, 4.69) is 10.4 Å². The zero-order valence-electron chi connectivity index (χ0n) is 10.4. The maximum Gasteiger partial charge on any atom is 0.141 e. The minimum atomic E-state index is 0.0329. The molecule has 1 aromatic rings. The third-order valence-corrected chi connectivity index (χ3v) is 2.94. The fourth-order valence-corrected chi connectivity index (χ4v) is 2.11. The molecule has 1 aliphatic heterocycles. The maximum absolute atomic E-state index is 11.9. The van der Waals surface area contributed by atoms with Crippen LogP contribution < -0.4 is 5.32 Å². The van der Waals surface area contributed by atoms with Crippen LogP contribution in [0.2, 0.25) is 0 Å². The molecule has 2 rings (SSSR count). The first kappa shape index (κ1) is 12.3. The molecule has 1 unspecified atom stereocenters. The number of ketones is 1. The van der Waals surface area contributed by atoms with Gasteiger partial charge in [0.25, 0.3) is 0 Å². The lowest BCUT2D eigenvalue weighted by Crippen LogP contribution is -2.39. The van der Waals surface area contributed by atoms with Gasteiger partial charge in [0.05, 0.1) is 18.4 Å². The van der Waals surface area contributed by atoms with Crippen LogP contribution in [0.25, 0.3) is 0 Å². The summed E-state index contributed by atoms with van der Waals surface area (Å²) in [6.07, 6.45) is 0.958. The van der Waals surface area contributed by atoms with E-state index in [1.807, 2.05) is 20.0 Å². The van der Waals surface area contributed by atoms with Gasteiger partial charge in [0.2, 0.25) is 0 Å². The van der Waals surface area contributed by atoms with Crippen molar-refractivity contribution in [3.8, 4) is 0 Å². The van der Waals surface area contributed by atoms with E-state index < -0.39 is 0 Å². The SMILES string of the molecule is Cc1cc(CC(=O)CC2CNCCO2)n(C)n1. The van der Waals surface area contributed by atoms with Crippen LogP contribution in [0, 0.1) is 6.92 Å². The summed E-state index contributed by atoms with van der Waals surface area (Å²) in [7, 11) is 1.87. The van der Waals surface area contributed by atoms with Crippen LogP contribution in [-0.2, 0) is 23.0 Å². The number of carbonyl (C=O) groups excluding carboxylic acids is 1. The van der Waals surface area contributed by atoms with E-state index in [4.69, 9.17) is 4.74 Å². The van der Waals surface area contributed by atoms with Gasteiger partial charge in [-0.05, 0) is 13.0 Å². The molecule has 1 aliphatic rings. The van der Waals surface area contributed by atoms with Gasteiger partial charge in [0, 0.05) is 38.7 Å². The monoisotopic (exact) mass is 237 g/mol. The summed E-state index contributed by atoms with van der Waals surface area (Å²) in [6.45, 7) is 4.28. The van der Waals surface area contributed by atoms with Crippen molar-refractivity contribution in [2.45, 2.75) is 25.9 Å². The molecule has 0 aromatic carbocycles. The average molecular weight is 237 g/mol. The Morgan fingerprint density at radius 3 is 3.12 bits per heavy atom. The van der Waals surface area contributed by atoms with Gasteiger partial charge in [0.1, 0.15) is 5.78 Å². The van der Waals surface area contributed by atoms with E-state index in [1.165, 1.54) is 0 Å². The standard InChI is InChI=1S/C12H19N3O2/c1-9-5-10(15(2)14-9)6-11(16)7-12-8-13-3-4-17-12/h5,12-13H,3-4,6-8H2,1-2H3. The molecule has 0 saturated carbocycles. The molecule has 1 fully saturated rings. The van der Waals surface area contributed by atoms with Crippen molar-refractivity contribution in [2.24, 2.45) is 7.05 Å². The molecule has 0 aliphatic carbocycles. The van der Waals surface area contributed by atoms with E-state index in [9.17, 15) is 4.79 Å². The minimum Gasteiger partial charge on any atom is -0.375 e. The Hall–Kier alpha value is -1.20. The van der Waals surface area contributed by atoms with Crippen LogP contribution in [0.15, 0.2) is 6.07 Å². The topological polar surface area (TPSA) is 56.1 Å². The molecule has 0 radical (unpaired) electrons. The van der Waals surface area contributed by atoms with Gasteiger partial charge in [-0.25, -0.2) is 0 Å². The van der Waals surface area contributed by atoms with Gasteiger partial charge in [-0.15, -0.1) is 0 Å². The van der Waals surface area contributed by atoms with Gasteiger partial charge in [0.15, 0.2) is 0 Å². The van der Waals surface area contributed by atoms with Gasteiger partial charge in [-0.2, -0.15) is 5.10 Å². The van der Waals surface area contributed by atoms with E-state index in [-0.39, 0.29) is 11.9 Å². The van der Waals surface area contributed by atoms with Crippen molar-refractivity contribution in [1.29, 1.82) is 0 Å². The molecule has 0 amide bonds. The second kappa shape index (κ2) is 5.42. The summed E-state index contributed by atoms with van der Waals surface area (Å²) in [6, 6.07) is 1.96. The van der Waals surface area contributed by atoms with Crippen LogP contribution in [0.1, 0.15) is 17.8 Å².